The maximum absolute atomic E-state index is 11.8. The Balaban J connectivity index is 1.83. The van der Waals surface area contributed by atoms with Gasteiger partial charge in [-0.3, -0.25) is 9.59 Å². The van der Waals surface area contributed by atoms with Gasteiger partial charge in [0.25, 0.3) is 11.8 Å². The van der Waals surface area contributed by atoms with Gasteiger partial charge in [-0.1, -0.05) is 24.3 Å². The van der Waals surface area contributed by atoms with E-state index in [4.69, 9.17) is 10.00 Å². The fourth-order valence-corrected chi connectivity index (χ4v) is 2.00. The molecule has 2 N–H and O–H groups in total. The lowest BCUT2D eigenvalue weighted by Gasteiger charge is -2.09. The first-order valence-electron chi connectivity index (χ1n) is 7.33. The summed E-state index contributed by atoms with van der Waals surface area (Å²) in [6.45, 7) is 0.158. The van der Waals surface area contributed by atoms with Crippen molar-refractivity contribution >= 4 is 11.8 Å². The molecule has 0 spiro atoms. The third-order valence-corrected chi connectivity index (χ3v) is 3.30. The van der Waals surface area contributed by atoms with Gasteiger partial charge in [0.15, 0.2) is 6.61 Å². The summed E-state index contributed by atoms with van der Waals surface area (Å²) in [7, 11) is 1.57. The second kappa shape index (κ2) is 8.34. The van der Waals surface area contributed by atoms with E-state index in [9.17, 15) is 9.59 Å². The van der Waals surface area contributed by atoms with Crippen LogP contribution in [0, 0.1) is 11.3 Å². The lowest BCUT2D eigenvalue weighted by molar-refractivity contribution is -0.123. The Morgan fingerprint density at radius 1 is 1.12 bits per heavy atom. The van der Waals surface area contributed by atoms with Crippen LogP contribution in [0.2, 0.25) is 0 Å². The van der Waals surface area contributed by atoms with Gasteiger partial charge in [-0.25, -0.2) is 0 Å². The van der Waals surface area contributed by atoms with E-state index < -0.39 is 0 Å². The van der Waals surface area contributed by atoms with Crippen LogP contribution in [0.5, 0.6) is 5.75 Å². The summed E-state index contributed by atoms with van der Waals surface area (Å²) in [5.74, 6) is -0.0710. The van der Waals surface area contributed by atoms with Gasteiger partial charge in [0.2, 0.25) is 0 Å². The molecule has 0 aliphatic rings. The van der Waals surface area contributed by atoms with E-state index in [0.29, 0.717) is 23.4 Å². The average molecular weight is 323 g/mol. The molecule has 6 heteroatoms. The monoisotopic (exact) mass is 323 g/mol. The number of hydrogen-bond donors (Lipinski definition) is 2. The van der Waals surface area contributed by atoms with E-state index in [-0.39, 0.29) is 18.4 Å². The summed E-state index contributed by atoms with van der Waals surface area (Å²) in [6.07, 6.45) is 0. The molecule has 122 valence electrons. The number of benzene rings is 2. The van der Waals surface area contributed by atoms with Crippen molar-refractivity contribution in [2.45, 2.75) is 6.54 Å². The Morgan fingerprint density at radius 3 is 2.50 bits per heavy atom. The highest BCUT2D eigenvalue weighted by atomic mass is 16.5. The second-order valence-electron chi connectivity index (χ2n) is 4.95. The predicted octanol–water partition coefficient (Wildman–Crippen LogP) is 1.61. The smallest absolute Gasteiger partial charge is 0.258 e. The average Bonchev–Trinajstić information content (AvgIpc) is 2.64. The van der Waals surface area contributed by atoms with Crippen LogP contribution in [-0.2, 0) is 11.3 Å². The molecule has 2 aromatic rings. The Morgan fingerprint density at radius 2 is 1.83 bits per heavy atom. The molecule has 2 aromatic carbocycles. The van der Waals surface area contributed by atoms with Gasteiger partial charge in [0.05, 0.1) is 5.56 Å². The molecule has 0 saturated carbocycles. The molecule has 0 unspecified atom stereocenters. The largest absolute Gasteiger partial charge is 0.482 e. The van der Waals surface area contributed by atoms with Gasteiger partial charge < -0.3 is 15.4 Å². The quantitative estimate of drug-likeness (QED) is 0.845. The van der Waals surface area contributed by atoms with Crippen LogP contribution in [0.3, 0.4) is 0 Å². The van der Waals surface area contributed by atoms with Crippen LogP contribution in [0.25, 0.3) is 0 Å². The Kier molecular flexibility index (Phi) is 5.92. The predicted molar refractivity (Wildman–Crippen MR) is 88.3 cm³/mol. The summed E-state index contributed by atoms with van der Waals surface area (Å²) in [5, 5.41) is 14.2. The van der Waals surface area contributed by atoms with Crippen LogP contribution < -0.4 is 15.4 Å². The number of hydrogen-bond acceptors (Lipinski definition) is 4. The van der Waals surface area contributed by atoms with E-state index in [2.05, 4.69) is 10.6 Å². The first kappa shape index (κ1) is 17.0. The molecular weight excluding hydrogens is 306 g/mol. The molecular formula is C18H17N3O3. The van der Waals surface area contributed by atoms with Gasteiger partial charge in [-0.05, 0) is 29.8 Å². The number of carbonyl (C=O) groups excluding carboxylic acids is 2. The van der Waals surface area contributed by atoms with Gasteiger partial charge in [0, 0.05) is 19.2 Å². The van der Waals surface area contributed by atoms with Gasteiger partial charge >= 0.3 is 0 Å². The highest BCUT2D eigenvalue weighted by Crippen LogP contribution is 2.16. The summed E-state index contributed by atoms with van der Waals surface area (Å²) in [5.41, 5.74) is 1.81. The van der Waals surface area contributed by atoms with Crippen molar-refractivity contribution in [2.75, 3.05) is 13.7 Å². The van der Waals surface area contributed by atoms with Crippen molar-refractivity contribution in [3.63, 3.8) is 0 Å². The molecule has 0 fully saturated rings. The highest BCUT2D eigenvalue weighted by molar-refractivity contribution is 5.93. The molecule has 0 heterocycles. The molecule has 0 aliphatic carbocycles. The number of para-hydroxylation sites is 1. The molecule has 0 saturated heterocycles. The zero-order valence-corrected chi connectivity index (χ0v) is 13.2. The zero-order chi connectivity index (χ0) is 17.4. The van der Waals surface area contributed by atoms with Gasteiger partial charge in [-0.15, -0.1) is 0 Å². The van der Waals surface area contributed by atoms with Crippen LogP contribution >= 0.6 is 0 Å². The SMILES string of the molecule is CNC(=O)c1ccc(CNC(=O)COc2ccccc2C#N)cc1. The minimum atomic E-state index is -0.293. The molecule has 0 radical (unpaired) electrons. The van der Waals surface area contributed by atoms with Crippen molar-refractivity contribution in [3.05, 3.63) is 65.2 Å². The van der Waals surface area contributed by atoms with E-state index in [1.54, 1.807) is 55.6 Å². The van der Waals surface area contributed by atoms with Crippen molar-refractivity contribution < 1.29 is 14.3 Å². The summed E-state index contributed by atoms with van der Waals surface area (Å²) < 4.78 is 5.36. The molecule has 0 aromatic heterocycles. The molecule has 2 amide bonds. The van der Waals surface area contributed by atoms with Crippen molar-refractivity contribution in [1.29, 1.82) is 5.26 Å². The van der Waals surface area contributed by atoms with E-state index in [0.717, 1.165) is 5.56 Å². The zero-order valence-electron chi connectivity index (χ0n) is 13.2. The first-order valence-corrected chi connectivity index (χ1v) is 7.33. The summed E-state index contributed by atoms with van der Waals surface area (Å²) in [4.78, 5) is 23.3. The number of nitrogens with one attached hydrogen (secondary N) is 2. The molecule has 0 bridgehead atoms. The lowest BCUT2D eigenvalue weighted by Crippen LogP contribution is -2.28. The van der Waals surface area contributed by atoms with Crippen molar-refractivity contribution in [3.8, 4) is 11.8 Å². The molecule has 6 nitrogen and oxygen atoms in total. The van der Waals surface area contributed by atoms with Crippen molar-refractivity contribution in [2.24, 2.45) is 0 Å². The number of nitrogens with zero attached hydrogens (tertiary/aromatic N) is 1. The minimum Gasteiger partial charge on any atom is -0.482 e. The minimum absolute atomic E-state index is 0.157. The van der Waals surface area contributed by atoms with Crippen LogP contribution in [0.1, 0.15) is 21.5 Å². The molecule has 2 rings (SSSR count). The van der Waals surface area contributed by atoms with Gasteiger partial charge in [-0.2, -0.15) is 5.26 Å². The Bertz CT molecular complexity index is 764. The third kappa shape index (κ3) is 4.58. The topological polar surface area (TPSA) is 91.2 Å². The third-order valence-electron chi connectivity index (χ3n) is 3.30. The van der Waals surface area contributed by atoms with E-state index in [1.165, 1.54) is 0 Å². The van der Waals surface area contributed by atoms with Crippen molar-refractivity contribution in [1.82, 2.24) is 10.6 Å². The maximum atomic E-state index is 11.8. The number of nitriles is 1. The number of carbonyl (C=O) groups is 2. The Labute approximate surface area is 140 Å². The normalized spacial score (nSPS) is 9.67. The highest BCUT2D eigenvalue weighted by Gasteiger charge is 2.07. The number of rotatable bonds is 6. The molecule has 0 aliphatic heterocycles. The summed E-state index contributed by atoms with van der Waals surface area (Å²) >= 11 is 0. The van der Waals surface area contributed by atoms with Crippen LogP contribution in [-0.4, -0.2) is 25.5 Å². The van der Waals surface area contributed by atoms with Gasteiger partial charge in [0.1, 0.15) is 11.8 Å². The van der Waals surface area contributed by atoms with E-state index in [1.807, 2.05) is 6.07 Å². The standard InChI is InChI=1S/C18H17N3O3/c1-20-18(23)14-8-6-13(7-9-14)11-21-17(22)12-24-16-5-3-2-4-15(16)10-19/h2-9H,11-12H2,1H3,(H,20,23)(H,21,22). The summed E-state index contributed by atoms with van der Waals surface area (Å²) in [6, 6.07) is 15.7. The Hall–Kier alpha value is -3.33. The fraction of sp³-hybridized carbons (Fsp3) is 0.167. The van der Waals surface area contributed by atoms with Crippen LogP contribution in [0.4, 0.5) is 0 Å². The lowest BCUT2D eigenvalue weighted by atomic mass is 10.1. The molecule has 24 heavy (non-hydrogen) atoms. The van der Waals surface area contributed by atoms with Crippen LogP contribution in [0.15, 0.2) is 48.5 Å². The maximum Gasteiger partial charge on any atom is 0.258 e. The first-order chi connectivity index (χ1) is 11.6. The van der Waals surface area contributed by atoms with E-state index >= 15 is 0 Å². The number of ether oxygens (including phenoxy) is 1. The fourth-order valence-electron chi connectivity index (χ4n) is 2.00. The number of amides is 2. The second-order valence-corrected chi connectivity index (χ2v) is 4.95. The molecule has 0 atom stereocenters.